The zero-order chi connectivity index (χ0) is 11.5. The van der Waals surface area contributed by atoms with E-state index in [9.17, 15) is 15.0 Å². The van der Waals surface area contributed by atoms with E-state index in [1.807, 2.05) is 0 Å². The van der Waals surface area contributed by atoms with Crippen molar-refractivity contribution in [2.45, 2.75) is 50.9 Å². The summed E-state index contributed by atoms with van der Waals surface area (Å²) in [6.45, 7) is 0. The van der Waals surface area contributed by atoms with Gasteiger partial charge in [-0.25, -0.2) is 4.79 Å². The molecule has 2 aliphatic rings. The van der Waals surface area contributed by atoms with Gasteiger partial charge in [-0.05, 0) is 12.3 Å². The first-order chi connectivity index (χ1) is 7.66. The fourth-order valence-electron chi connectivity index (χ4n) is 2.55. The number of aliphatic hydroxyl groups is 2. The molecule has 0 aromatic rings. The second kappa shape index (κ2) is 4.97. The maximum absolute atomic E-state index is 10.9. The fraction of sp³-hybridized carbons (Fsp3) is 0.750. The summed E-state index contributed by atoms with van der Waals surface area (Å²) in [4.78, 5) is 10.9. The lowest BCUT2D eigenvalue weighted by molar-refractivity contribution is -0.152. The van der Waals surface area contributed by atoms with Crippen molar-refractivity contribution in [3.05, 3.63) is 11.6 Å². The van der Waals surface area contributed by atoms with Crippen molar-refractivity contribution in [2.24, 2.45) is 5.92 Å². The van der Waals surface area contributed by atoms with Crippen LogP contribution in [0.25, 0.3) is 0 Å². The minimum absolute atomic E-state index is 0.315. The zero-order valence-corrected chi connectivity index (χ0v) is 9.26. The number of rotatable bonds is 3. The standard InChI is InChI=1S/C12H18O4/c13-10(6-8-4-2-1-3-5-8)9-7-11(14)16-12(9)15/h7-8,10,12-13,15H,1-6H2. The van der Waals surface area contributed by atoms with Crippen LogP contribution in [0.15, 0.2) is 11.6 Å². The molecule has 2 rings (SSSR count). The molecule has 0 radical (unpaired) electrons. The Bertz CT molecular complexity index is 291. The number of carbonyl (C=O) groups is 1. The van der Waals surface area contributed by atoms with Crippen molar-refractivity contribution in [1.29, 1.82) is 0 Å². The Morgan fingerprint density at radius 2 is 2.06 bits per heavy atom. The molecule has 0 spiro atoms. The van der Waals surface area contributed by atoms with Crippen LogP contribution >= 0.6 is 0 Å². The number of hydrogen-bond donors (Lipinski definition) is 2. The Kier molecular flexibility index (Phi) is 3.61. The summed E-state index contributed by atoms with van der Waals surface area (Å²) >= 11 is 0. The topological polar surface area (TPSA) is 66.8 Å². The zero-order valence-electron chi connectivity index (χ0n) is 9.26. The molecule has 1 heterocycles. The van der Waals surface area contributed by atoms with Crippen molar-refractivity contribution in [1.82, 2.24) is 0 Å². The molecule has 0 amide bonds. The Balaban J connectivity index is 1.89. The average Bonchev–Trinajstić information content (AvgIpc) is 2.59. The number of esters is 1. The molecule has 1 saturated carbocycles. The van der Waals surface area contributed by atoms with Crippen LogP contribution in [0.1, 0.15) is 38.5 Å². The van der Waals surface area contributed by atoms with E-state index in [0.29, 0.717) is 17.9 Å². The molecule has 4 nitrogen and oxygen atoms in total. The van der Waals surface area contributed by atoms with Gasteiger partial charge < -0.3 is 14.9 Å². The van der Waals surface area contributed by atoms with Crippen LogP contribution in [0.2, 0.25) is 0 Å². The lowest BCUT2D eigenvalue weighted by Gasteiger charge is -2.24. The van der Waals surface area contributed by atoms with E-state index >= 15 is 0 Å². The van der Waals surface area contributed by atoms with Gasteiger partial charge in [-0.1, -0.05) is 32.1 Å². The normalized spacial score (nSPS) is 28.8. The maximum Gasteiger partial charge on any atom is 0.333 e. The summed E-state index contributed by atoms with van der Waals surface area (Å²) in [5, 5.41) is 19.3. The van der Waals surface area contributed by atoms with Gasteiger partial charge in [0.05, 0.1) is 6.10 Å². The van der Waals surface area contributed by atoms with Crippen molar-refractivity contribution < 1.29 is 19.7 Å². The highest BCUT2D eigenvalue weighted by molar-refractivity contribution is 5.85. The summed E-state index contributed by atoms with van der Waals surface area (Å²) in [6, 6.07) is 0. The molecular formula is C12H18O4. The SMILES string of the molecule is O=C1C=C(C(O)CC2CCCCC2)C(O)O1. The van der Waals surface area contributed by atoms with Gasteiger partial charge >= 0.3 is 5.97 Å². The van der Waals surface area contributed by atoms with Gasteiger partial charge in [0, 0.05) is 11.6 Å². The summed E-state index contributed by atoms with van der Waals surface area (Å²) in [6.07, 6.45) is 5.82. The molecule has 0 bridgehead atoms. The van der Waals surface area contributed by atoms with Crippen LogP contribution in [0, 0.1) is 5.92 Å². The Morgan fingerprint density at radius 1 is 1.38 bits per heavy atom. The summed E-state index contributed by atoms with van der Waals surface area (Å²) in [5.74, 6) is -0.0576. The van der Waals surface area contributed by atoms with E-state index in [0.717, 1.165) is 12.8 Å². The molecular weight excluding hydrogens is 208 g/mol. The number of ether oxygens (including phenoxy) is 1. The molecule has 16 heavy (non-hydrogen) atoms. The Hall–Kier alpha value is -0.870. The number of cyclic esters (lactones) is 1. The largest absolute Gasteiger partial charge is 0.429 e. The molecule has 0 aromatic carbocycles. The highest BCUT2D eigenvalue weighted by Gasteiger charge is 2.30. The molecule has 0 saturated heterocycles. The lowest BCUT2D eigenvalue weighted by atomic mass is 9.84. The van der Waals surface area contributed by atoms with Crippen molar-refractivity contribution in [2.75, 3.05) is 0 Å². The van der Waals surface area contributed by atoms with Gasteiger partial charge in [0.15, 0.2) is 0 Å². The van der Waals surface area contributed by atoms with E-state index in [-0.39, 0.29) is 0 Å². The third-order valence-corrected chi connectivity index (χ3v) is 3.46. The first-order valence-electron chi connectivity index (χ1n) is 5.95. The average molecular weight is 226 g/mol. The number of carbonyl (C=O) groups excluding carboxylic acids is 1. The smallest absolute Gasteiger partial charge is 0.333 e. The lowest BCUT2D eigenvalue weighted by Crippen LogP contribution is -2.23. The van der Waals surface area contributed by atoms with Gasteiger partial charge in [-0.15, -0.1) is 0 Å². The maximum atomic E-state index is 10.9. The van der Waals surface area contributed by atoms with E-state index in [2.05, 4.69) is 4.74 Å². The monoisotopic (exact) mass is 226 g/mol. The molecule has 1 aliphatic carbocycles. The van der Waals surface area contributed by atoms with Gasteiger partial charge in [0.2, 0.25) is 6.29 Å². The van der Waals surface area contributed by atoms with Crippen molar-refractivity contribution in [3.63, 3.8) is 0 Å². The predicted octanol–water partition coefficient (Wildman–Crippen LogP) is 1.12. The first-order valence-corrected chi connectivity index (χ1v) is 5.95. The third kappa shape index (κ3) is 2.62. The van der Waals surface area contributed by atoms with Crippen LogP contribution in [-0.2, 0) is 9.53 Å². The second-order valence-corrected chi connectivity index (χ2v) is 4.69. The third-order valence-electron chi connectivity index (χ3n) is 3.46. The summed E-state index contributed by atoms with van der Waals surface area (Å²) < 4.78 is 4.55. The van der Waals surface area contributed by atoms with Crippen LogP contribution < -0.4 is 0 Å². The van der Waals surface area contributed by atoms with Crippen molar-refractivity contribution >= 4 is 5.97 Å². The fourth-order valence-corrected chi connectivity index (χ4v) is 2.55. The van der Waals surface area contributed by atoms with E-state index in [4.69, 9.17) is 0 Å². The quantitative estimate of drug-likeness (QED) is 0.708. The minimum atomic E-state index is -1.24. The number of aliphatic hydroxyl groups excluding tert-OH is 2. The summed E-state index contributed by atoms with van der Waals surface area (Å²) in [5.41, 5.74) is 0.315. The first kappa shape index (κ1) is 11.6. The molecule has 1 fully saturated rings. The predicted molar refractivity (Wildman–Crippen MR) is 57.4 cm³/mol. The minimum Gasteiger partial charge on any atom is -0.429 e. The van der Waals surface area contributed by atoms with Crippen molar-refractivity contribution in [3.8, 4) is 0 Å². The molecule has 2 atom stereocenters. The molecule has 2 unspecified atom stereocenters. The Labute approximate surface area is 94.9 Å². The Morgan fingerprint density at radius 3 is 2.62 bits per heavy atom. The molecule has 1 aliphatic heterocycles. The van der Waals surface area contributed by atoms with E-state index in [1.54, 1.807) is 0 Å². The van der Waals surface area contributed by atoms with Gasteiger partial charge in [0.1, 0.15) is 0 Å². The molecule has 90 valence electrons. The van der Waals surface area contributed by atoms with Crippen LogP contribution in [-0.4, -0.2) is 28.6 Å². The number of hydrogen-bond acceptors (Lipinski definition) is 4. The van der Waals surface area contributed by atoms with Crippen LogP contribution in [0.5, 0.6) is 0 Å². The van der Waals surface area contributed by atoms with Gasteiger partial charge in [0.25, 0.3) is 0 Å². The van der Waals surface area contributed by atoms with Gasteiger partial charge in [-0.2, -0.15) is 0 Å². The van der Waals surface area contributed by atoms with Gasteiger partial charge in [-0.3, -0.25) is 0 Å². The van der Waals surface area contributed by atoms with Crippen LogP contribution in [0.3, 0.4) is 0 Å². The molecule has 2 N–H and O–H groups in total. The highest BCUT2D eigenvalue weighted by atomic mass is 16.6. The summed E-state index contributed by atoms with van der Waals surface area (Å²) in [7, 11) is 0. The highest BCUT2D eigenvalue weighted by Crippen LogP contribution is 2.30. The van der Waals surface area contributed by atoms with E-state index in [1.165, 1.54) is 25.3 Å². The second-order valence-electron chi connectivity index (χ2n) is 4.69. The van der Waals surface area contributed by atoms with Crippen LogP contribution in [0.4, 0.5) is 0 Å². The molecule has 4 heteroatoms. The van der Waals surface area contributed by atoms with E-state index < -0.39 is 18.4 Å². The molecule has 0 aromatic heterocycles.